The van der Waals surface area contributed by atoms with Gasteiger partial charge in [-0.05, 0) is 52.5 Å². The Balaban J connectivity index is 2.11. The number of cyclic esters (lactones) is 1. The van der Waals surface area contributed by atoms with Gasteiger partial charge in [0, 0.05) is 6.61 Å². The quantitative estimate of drug-likeness (QED) is 0.576. The first-order valence-corrected chi connectivity index (χ1v) is 7.70. The molecular weight excluding hydrogens is 284 g/mol. The van der Waals surface area contributed by atoms with E-state index in [0.29, 0.717) is 24.8 Å². The monoisotopic (exact) mass is 308 g/mol. The Bertz CT molecular complexity index is 547. The maximum Gasteiger partial charge on any atom is 0.317 e. The normalized spacial score (nSPS) is 34.7. The molecule has 1 saturated heterocycles. The Kier molecular flexibility index (Phi) is 4.59. The van der Waals surface area contributed by atoms with Gasteiger partial charge < -0.3 is 14.9 Å². The van der Waals surface area contributed by atoms with E-state index in [9.17, 15) is 14.7 Å². The van der Waals surface area contributed by atoms with Crippen molar-refractivity contribution in [1.82, 2.24) is 0 Å². The van der Waals surface area contributed by atoms with E-state index in [0.717, 1.165) is 12.0 Å². The number of allylic oxidation sites excluding steroid dienone is 2. The summed E-state index contributed by atoms with van der Waals surface area (Å²) in [5.41, 5.74) is -1.28. The number of fused-ring (bicyclic) bond motifs is 1. The highest BCUT2D eigenvalue weighted by atomic mass is 16.6. The number of aliphatic hydroxyl groups is 2. The first kappa shape index (κ1) is 16.9. The Morgan fingerprint density at radius 2 is 2.14 bits per heavy atom. The van der Waals surface area contributed by atoms with E-state index in [1.165, 1.54) is 6.08 Å². The van der Waals surface area contributed by atoms with Crippen LogP contribution in [0.3, 0.4) is 0 Å². The van der Waals surface area contributed by atoms with Crippen LogP contribution in [0.4, 0.5) is 0 Å². The van der Waals surface area contributed by atoms with E-state index in [1.54, 1.807) is 13.8 Å². The zero-order chi connectivity index (χ0) is 16.5. The molecule has 2 aliphatic rings. The van der Waals surface area contributed by atoms with Gasteiger partial charge in [0.1, 0.15) is 11.5 Å². The number of carbonyl (C=O) groups is 2. The lowest BCUT2D eigenvalue weighted by atomic mass is 9.74. The molecule has 0 aromatic heterocycles. The molecule has 1 aliphatic carbocycles. The average Bonchev–Trinajstić information content (AvgIpc) is 2.79. The van der Waals surface area contributed by atoms with Crippen LogP contribution >= 0.6 is 0 Å². The van der Waals surface area contributed by atoms with Crippen LogP contribution < -0.4 is 0 Å². The first-order chi connectivity index (χ1) is 10.3. The molecule has 3 unspecified atom stereocenters. The van der Waals surface area contributed by atoms with Crippen molar-refractivity contribution in [3.8, 4) is 0 Å². The van der Waals surface area contributed by atoms with Crippen LogP contribution in [0.15, 0.2) is 23.3 Å². The minimum absolute atomic E-state index is 0.154. The van der Waals surface area contributed by atoms with Crippen molar-refractivity contribution >= 4 is 11.8 Å². The largest absolute Gasteiger partial charge is 0.455 e. The van der Waals surface area contributed by atoms with E-state index in [-0.39, 0.29) is 6.61 Å². The van der Waals surface area contributed by atoms with Gasteiger partial charge in [-0.25, -0.2) is 0 Å². The number of aliphatic hydroxyl groups excluding tert-OH is 1. The lowest BCUT2D eigenvalue weighted by Crippen LogP contribution is -2.55. The van der Waals surface area contributed by atoms with Crippen molar-refractivity contribution in [2.24, 2.45) is 5.92 Å². The predicted octanol–water partition coefficient (Wildman–Crippen LogP) is 1.68. The Morgan fingerprint density at radius 1 is 1.45 bits per heavy atom. The standard InChI is InChI=1S/C17H24O5/c1-11(7-5-9-18)6-4-8-16(3)17(21)13(19)10-12(2)14(17)15(20)22-16/h6,10,14,18,21H,4-5,7-9H2,1-3H3. The van der Waals surface area contributed by atoms with Crippen LogP contribution in [-0.4, -0.2) is 39.8 Å². The lowest BCUT2D eigenvalue weighted by Gasteiger charge is -2.35. The summed E-state index contributed by atoms with van der Waals surface area (Å²) >= 11 is 0. The molecule has 5 nitrogen and oxygen atoms in total. The van der Waals surface area contributed by atoms with E-state index in [2.05, 4.69) is 0 Å². The van der Waals surface area contributed by atoms with Crippen LogP contribution in [0.25, 0.3) is 0 Å². The third kappa shape index (κ3) is 2.52. The molecular formula is C17H24O5. The van der Waals surface area contributed by atoms with E-state index in [4.69, 9.17) is 9.84 Å². The smallest absolute Gasteiger partial charge is 0.317 e. The molecule has 0 bridgehead atoms. The fourth-order valence-electron chi connectivity index (χ4n) is 3.45. The second kappa shape index (κ2) is 5.97. The lowest BCUT2D eigenvalue weighted by molar-refractivity contribution is -0.161. The van der Waals surface area contributed by atoms with Gasteiger partial charge in [-0.15, -0.1) is 0 Å². The SMILES string of the molecule is CC(=CCCC1(C)OC(=O)C2C(C)=CC(=O)C21O)CCCO. The zero-order valence-electron chi connectivity index (χ0n) is 13.4. The van der Waals surface area contributed by atoms with Gasteiger partial charge in [-0.3, -0.25) is 9.59 Å². The number of ketones is 1. The highest BCUT2D eigenvalue weighted by Crippen LogP contribution is 2.50. The van der Waals surface area contributed by atoms with Gasteiger partial charge in [0.25, 0.3) is 0 Å². The minimum atomic E-state index is -1.78. The minimum Gasteiger partial charge on any atom is -0.455 e. The summed E-state index contributed by atoms with van der Waals surface area (Å²) in [6.45, 7) is 5.43. The summed E-state index contributed by atoms with van der Waals surface area (Å²) in [5, 5.41) is 19.7. The maximum atomic E-state index is 12.2. The first-order valence-electron chi connectivity index (χ1n) is 7.70. The van der Waals surface area contributed by atoms with Gasteiger partial charge in [0.2, 0.25) is 0 Å². The zero-order valence-corrected chi connectivity index (χ0v) is 13.4. The maximum absolute atomic E-state index is 12.2. The van der Waals surface area contributed by atoms with Crippen molar-refractivity contribution in [2.45, 2.75) is 57.7 Å². The van der Waals surface area contributed by atoms with Crippen molar-refractivity contribution in [3.05, 3.63) is 23.3 Å². The third-order valence-electron chi connectivity index (χ3n) is 4.82. The van der Waals surface area contributed by atoms with Gasteiger partial charge in [0.15, 0.2) is 11.4 Å². The fourth-order valence-corrected chi connectivity index (χ4v) is 3.45. The highest BCUT2D eigenvalue weighted by molar-refractivity contribution is 6.08. The topological polar surface area (TPSA) is 83.8 Å². The van der Waals surface area contributed by atoms with Gasteiger partial charge >= 0.3 is 5.97 Å². The van der Waals surface area contributed by atoms with Gasteiger partial charge in [0.05, 0.1) is 0 Å². The van der Waals surface area contributed by atoms with Crippen molar-refractivity contribution in [2.75, 3.05) is 6.61 Å². The molecule has 0 spiro atoms. The van der Waals surface area contributed by atoms with Crippen LogP contribution in [0.5, 0.6) is 0 Å². The molecule has 0 aromatic carbocycles. The molecule has 0 saturated carbocycles. The summed E-state index contributed by atoms with van der Waals surface area (Å²) in [6, 6.07) is 0. The molecule has 1 heterocycles. The molecule has 1 fully saturated rings. The number of rotatable bonds is 6. The van der Waals surface area contributed by atoms with Crippen LogP contribution in [0.1, 0.15) is 46.5 Å². The average molecular weight is 308 g/mol. The molecule has 0 radical (unpaired) electrons. The Morgan fingerprint density at radius 3 is 2.77 bits per heavy atom. The molecule has 0 aromatic rings. The van der Waals surface area contributed by atoms with Crippen LogP contribution in [0, 0.1) is 5.92 Å². The second-order valence-electron chi connectivity index (χ2n) is 6.52. The predicted molar refractivity (Wildman–Crippen MR) is 81.0 cm³/mol. The number of esters is 1. The van der Waals surface area contributed by atoms with Crippen LogP contribution in [-0.2, 0) is 14.3 Å². The Hall–Kier alpha value is -1.46. The Labute approximate surface area is 130 Å². The summed E-state index contributed by atoms with van der Waals surface area (Å²) in [4.78, 5) is 24.2. The molecule has 2 N–H and O–H groups in total. The summed E-state index contributed by atoms with van der Waals surface area (Å²) in [7, 11) is 0. The summed E-state index contributed by atoms with van der Waals surface area (Å²) in [6.07, 6.45) is 5.86. The molecule has 1 aliphatic heterocycles. The molecule has 5 heteroatoms. The number of ether oxygens (including phenoxy) is 1. The fraction of sp³-hybridized carbons (Fsp3) is 0.647. The van der Waals surface area contributed by atoms with Crippen LogP contribution in [0.2, 0.25) is 0 Å². The molecule has 0 amide bonds. The number of hydrogen-bond donors (Lipinski definition) is 2. The molecule has 3 atom stereocenters. The second-order valence-corrected chi connectivity index (χ2v) is 6.52. The molecule has 122 valence electrons. The van der Waals surface area contributed by atoms with Gasteiger partial charge in [-0.1, -0.05) is 17.2 Å². The van der Waals surface area contributed by atoms with Gasteiger partial charge in [-0.2, -0.15) is 0 Å². The molecule has 2 rings (SSSR count). The third-order valence-corrected chi connectivity index (χ3v) is 4.82. The van der Waals surface area contributed by atoms with E-state index < -0.39 is 28.9 Å². The summed E-state index contributed by atoms with van der Waals surface area (Å²) in [5.74, 6) is -1.83. The van der Waals surface area contributed by atoms with Crippen molar-refractivity contribution in [3.63, 3.8) is 0 Å². The van der Waals surface area contributed by atoms with Crippen molar-refractivity contribution < 1.29 is 24.5 Å². The number of carbonyl (C=O) groups excluding carboxylic acids is 2. The number of hydrogen-bond acceptors (Lipinski definition) is 5. The molecule has 22 heavy (non-hydrogen) atoms. The summed E-state index contributed by atoms with van der Waals surface area (Å²) < 4.78 is 5.40. The highest BCUT2D eigenvalue weighted by Gasteiger charge is 2.69. The van der Waals surface area contributed by atoms with Crippen molar-refractivity contribution in [1.29, 1.82) is 0 Å². The van der Waals surface area contributed by atoms with E-state index in [1.807, 2.05) is 13.0 Å². The van der Waals surface area contributed by atoms with E-state index >= 15 is 0 Å².